The molecule has 0 bridgehead atoms. The van der Waals surface area contributed by atoms with Crippen molar-refractivity contribution < 1.29 is 27.9 Å². The Morgan fingerprint density at radius 3 is 2.43 bits per heavy atom. The van der Waals surface area contributed by atoms with Crippen LogP contribution in [0.5, 0.6) is 0 Å². The highest BCUT2D eigenvalue weighted by molar-refractivity contribution is 6.04. The third-order valence-corrected chi connectivity index (χ3v) is 7.74. The van der Waals surface area contributed by atoms with Gasteiger partial charge in [0.05, 0.1) is 30.7 Å². The lowest BCUT2D eigenvalue weighted by Gasteiger charge is -2.42. The number of hydrogen-bond acceptors (Lipinski definition) is 6. The van der Waals surface area contributed by atoms with E-state index in [1.165, 1.54) is 34.9 Å². The van der Waals surface area contributed by atoms with Crippen molar-refractivity contribution in [3.8, 4) is 11.1 Å². The highest BCUT2D eigenvalue weighted by Crippen LogP contribution is 2.25. The van der Waals surface area contributed by atoms with E-state index in [0.29, 0.717) is 43.1 Å². The second kappa shape index (κ2) is 13.0. The summed E-state index contributed by atoms with van der Waals surface area (Å²) in [6.07, 6.45) is 2.94. The molecule has 3 amide bonds. The highest BCUT2D eigenvalue weighted by Gasteiger charge is 2.30. The first-order valence-corrected chi connectivity index (χ1v) is 15.0. The van der Waals surface area contributed by atoms with Crippen molar-refractivity contribution >= 4 is 29.1 Å². The number of carbonyl (C=O) groups excluding carboxylic acids is 3. The summed E-state index contributed by atoms with van der Waals surface area (Å²) >= 11 is 0. The first-order chi connectivity index (χ1) is 21.7. The molecule has 0 unspecified atom stereocenters. The zero-order chi connectivity index (χ0) is 33.2. The Kier molecular flexibility index (Phi) is 9.22. The average molecular weight is 633 g/mol. The fraction of sp³-hybridized carbons (Fsp3) is 0.353. The topological polar surface area (TPSA) is 117 Å². The molecular weight excluding hydrogens is 594 g/mol. The van der Waals surface area contributed by atoms with Gasteiger partial charge in [0.2, 0.25) is 0 Å². The molecule has 242 valence electrons. The van der Waals surface area contributed by atoms with Gasteiger partial charge in [-0.25, -0.2) is 13.8 Å². The fourth-order valence-corrected chi connectivity index (χ4v) is 5.28. The number of ether oxygens (including phenoxy) is 1. The summed E-state index contributed by atoms with van der Waals surface area (Å²) in [7, 11) is 0. The number of morpholine rings is 1. The molecule has 2 aromatic heterocycles. The Labute approximate surface area is 266 Å². The van der Waals surface area contributed by atoms with E-state index < -0.39 is 29.0 Å². The molecular formula is C34H38F2N6O4. The highest BCUT2D eigenvalue weighted by atomic mass is 19.1. The van der Waals surface area contributed by atoms with E-state index in [1.807, 2.05) is 20.8 Å². The molecule has 0 atom stereocenters. The number of imidazole rings is 1. The maximum absolute atomic E-state index is 14.9. The van der Waals surface area contributed by atoms with E-state index in [2.05, 4.69) is 39.7 Å². The van der Waals surface area contributed by atoms with Gasteiger partial charge in [0.25, 0.3) is 17.7 Å². The van der Waals surface area contributed by atoms with E-state index in [4.69, 9.17) is 4.74 Å². The number of pyridine rings is 1. The van der Waals surface area contributed by atoms with E-state index in [1.54, 1.807) is 24.4 Å². The van der Waals surface area contributed by atoms with Crippen LogP contribution < -0.4 is 16.0 Å². The summed E-state index contributed by atoms with van der Waals surface area (Å²) in [4.78, 5) is 45.0. The predicted molar refractivity (Wildman–Crippen MR) is 171 cm³/mol. The summed E-state index contributed by atoms with van der Waals surface area (Å²) in [5.41, 5.74) is 1.01. The molecule has 1 fully saturated rings. The zero-order valence-electron chi connectivity index (χ0n) is 26.5. The number of halogens is 2. The lowest BCUT2D eigenvalue weighted by molar-refractivity contribution is -0.0498. The Morgan fingerprint density at radius 1 is 0.957 bits per heavy atom. The van der Waals surface area contributed by atoms with Crippen LogP contribution in [0.4, 0.5) is 14.5 Å². The van der Waals surface area contributed by atoms with Crippen molar-refractivity contribution in [1.82, 2.24) is 24.9 Å². The van der Waals surface area contributed by atoms with Gasteiger partial charge < -0.3 is 20.7 Å². The lowest BCUT2D eigenvalue weighted by Crippen LogP contribution is -2.54. The summed E-state index contributed by atoms with van der Waals surface area (Å²) in [5, 5.41) is 8.15. The first-order valence-electron chi connectivity index (χ1n) is 15.0. The molecule has 5 rings (SSSR count). The third kappa shape index (κ3) is 7.40. The number of aromatic nitrogens is 2. The molecule has 1 saturated heterocycles. The number of nitrogens with zero attached hydrogens (tertiary/aromatic N) is 3. The van der Waals surface area contributed by atoms with Crippen LogP contribution in [-0.4, -0.2) is 75.9 Å². The molecule has 0 saturated carbocycles. The molecule has 3 N–H and O–H groups in total. The molecule has 2 aromatic carbocycles. The number of anilines is 1. The third-order valence-electron chi connectivity index (χ3n) is 7.74. The van der Waals surface area contributed by atoms with E-state index in [-0.39, 0.29) is 34.0 Å². The molecule has 10 nitrogen and oxygen atoms in total. The maximum atomic E-state index is 14.9. The van der Waals surface area contributed by atoms with Gasteiger partial charge in [-0.15, -0.1) is 0 Å². The van der Waals surface area contributed by atoms with Crippen LogP contribution in [0.1, 0.15) is 65.8 Å². The number of fused-ring (bicyclic) bond motifs is 1. The fourth-order valence-electron chi connectivity index (χ4n) is 5.28. The van der Waals surface area contributed by atoms with Crippen LogP contribution in [0.25, 0.3) is 16.8 Å². The summed E-state index contributed by atoms with van der Waals surface area (Å²) in [6.45, 7) is 12.7. The van der Waals surface area contributed by atoms with Crippen molar-refractivity contribution in [3.63, 3.8) is 0 Å². The van der Waals surface area contributed by atoms with Crippen LogP contribution in [-0.2, 0) is 4.74 Å². The molecule has 3 heterocycles. The van der Waals surface area contributed by atoms with Gasteiger partial charge in [0.15, 0.2) is 0 Å². The molecule has 0 aliphatic carbocycles. The van der Waals surface area contributed by atoms with Crippen LogP contribution >= 0.6 is 0 Å². The molecule has 1 aliphatic heterocycles. The largest absolute Gasteiger partial charge is 0.378 e. The minimum atomic E-state index is -0.697. The maximum Gasteiger partial charge on any atom is 0.274 e. The molecule has 0 radical (unpaired) electrons. The Morgan fingerprint density at radius 2 is 1.72 bits per heavy atom. The number of carbonyl (C=O) groups is 3. The number of benzene rings is 2. The van der Waals surface area contributed by atoms with Crippen LogP contribution in [0.2, 0.25) is 0 Å². The minimum absolute atomic E-state index is 0.0645. The van der Waals surface area contributed by atoms with Crippen molar-refractivity contribution in [2.45, 2.75) is 45.7 Å². The smallest absolute Gasteiger partial charge is 0.274 e. The van der Waals surface area contributed by atoms with Gasteiger partial charge in [-0.1, -0.05) is 6.07 Å². The van der Waals surface area contributed by atoms with Gasteiger partial charge in [-0.2, -0.15) is 0 Å². The SMILES string of the molecule is CC(C)(C)NC(=O)c1ccc(-c2ccn3c(C(=O)Nc4cc(C(=O)NCCN5CCOCC5(C)C)ccc4F)cnc3c2)cc1F. The van der Waals surface area contributed by atoms with Gasteiger partial charge in [0, 0.05) is 42.5 Å². The number of amides is 3. The van der Waals surface area contributed by atoms with Gasteiger partial charge in [-0.3, -0.25) is 23.7 Å². The van der Waals surface area contributed by atoms with Gasteiger partial charge in [-0.05, 0) is 88.2 Å². The molecule has 4 aromatic rings. The van der Waals surface area contributed by atoms with E-state index in [9.17, 15) is 23.2 Å². The summed E-state index contributed by atoms with van der Waals surface area (Å²) in [5.74, 6) is -2.89. The first kappa shape index (κ1) is 32.7. The average Bonchev–Trinajstić information content (AvgIpc) is 3.41. The normalized spacial score (nSPS) is 15.0. The quantitative estimate of drug-likeness (QED) is 0.255. The van der Waals surface area contributed by atoms with Crippen molar-refractivity contribution in [1.29, 1.82) is 0 Å². The lowest BCUT2D eigenvalue weighted by atomic mass is 10.0. The molecule has 0 spiro atoms. The monoisotopic (exact) mass is 632 g/mol. The van der Waals surface area contributed by atoms with Gasteiger partial charge in [0.1, 0.15) is 23.0 Å². The summed E-state index contributed by atoms with van der Waals surface area (Å²) in [6, 6.07) is 11.5. The number of hydrogen-bond donors (Lipinski definition) is 3. The standard InChI is InChI=1S/C34H38F2N6O4/c1-33(2,3)40-31(44)24-8-6-21(16-26(24)36)22-10-12-42-28(19-38-29(42)18-22)32(45)39-27-17-23(7-9-25(27)35)30(43)37-11-13-41-14-15-46-20-34(41,4)5/h6-10,12,16-19H,11,13-15,20H2,1-5H3,(H,37,43)(H,39,45)(H,40,44). The zero-order valence-corrected chi connectivity index (χ0v) is 26.5. The van der Waals surface area contributed by atoms with Crippen molar-refractivity contribution in [2.75, 3.05) is 38.2 Å². The Balaban J connectivity index is 1.26. The predicted octanol–water partition coefficient (Wildman–Crippen LogP) is 4.90. The molecule has 12 heteroatoms. The second-order valence-electron chi connectivity index (χ2n) is 12.9. The Hall–Kier alpha value is -4.68. The van der Waals surface area contributed by atoms with E-state index >= 15 is 0 Å². The van der Waals surface area contributed by atoms with Gasteiger partial charge >= 0.3 is 0 Å². The van der Waals surface area contributed by atoms with Crippen molar-refractivity contribution in [3.05, 3.63) is 89.4 Å². The van der Waals surface area contributed by atoms with Crippen LogP contribution in [0, 0.1) is 11.6 Å². The minimum Gasteiger partial charge on any atom is -0.378 e. The van der Waals surface area contributed by atoms with Crippen LogP contribution in [0.15, 0.2) is 60.9 Å². The second-order valence-corrected chi connectivity index (χ2v) is 12.9. The number of nitrogens with one attached hydrogen (secondary N) is 3. The Bertz CT molecular complexity index is 1800. The number of rotatable bonds is 8. The van der Waals surface area contributed by atoms with Crippen molar-refractivity contribution in [2.24, 2.45) is 0 Å². The molecule has 1 aliphatic rings. The van der Waals surface area contributed by atoms with E-state index in [0.717, 1.165) is 12.6 Å². The molecule has 46 heavy (non-hydrogen) atoms. The summed E-state index contributed by atoms with van der Waals surface area (Å²) < 4.78 is 36.6. The van der Waals surface area contributed by atoms with Crippen LogP contribution in [0.3, 0.4) is 0 Å².